The van der Waals surface area contributed by atoms with Crippen molar-refractivity contribution in [2.75, 3.05) is 17.7 Å². The molecule has 0 saturated heterocycles. The van der Waals surface area contributed by atoms with Gasteiger partial charge in [-0.25, -0.2) is 4.79 Å². The van der Waals surface area contributed by atoms with E-state index in [4.69, 9.17) is 16.3 Å². The average Bonchev–Trinajstić information content (AvgIpc) is 3.24. The van der Waals surface area contributed by atoms with Crippen LogP contribution in [0.3, 0.4) is 0 Å². The standard InChI is InChI=1S/C36H34ClN3O5S2/c1-22(32(41)40-35-31(36(44)45-2)27-17-7-4-8-19-30(27)47-35)46-26-16-11-15-25(21-26)38-34(43)29(20-24-14-9-10-18-28(24)37)39-33(42)23-12-5-3-6-13-23/h3,5-6,9-16,18,20-22H,4,7-8,17,19H2,1-2H3,(H,38,43)(H,39,42)(H,40,41)/b29-20+. The first kappa shape index (κ1) is 34.0. The van der Waals surface area contributed by atoms with Gasteiger partial charge in [-0.1, -0.05) is 60.5 Å². The summed E-state index contributed by atoms with van der Waals surface area (Å²) in [5.41, 5.74) is 2.89. The molecular weight excluding hydrogens is 654 g/mol. The normalized spacial score (nSPS) is 13.5. The number of thiophene rings is 1. The lowest BCUT2D eigenvalue weighted by molar-refractivity contribution is -0.115. The predicted octanol–water partition coefficient (Wildman–Crippen LogP) is 7.99. The van der Waals surface area contributed by atoms with Crippen LogP contribution >= 0.6 is 34.7 Å². The van der Waals surface area contributed by atoms with Crippen molar-refractivity contribution in [1.82, 2.24) is 5.32 Å². The Hall–Kier alpha value is -4.38. The third kappa shape index (κ3) is 8.71. The predicted molar refractivity (Wildman–Crippen MR) is 189 cm³/mol. The summed E-state index contributed by atoms with van der Waals surface area (Å²) in [4.78, 5) is 54.4. The second-order valence-corrected chi connectivity index (χ2v) is 13.8. The van der Waals surface area contributed by atoms with E-state index in [0.29, 0.717) is 32.4 Å². The molecule has 3 amide bonds. The molecule has 3 aromatic carbocycles. The van der Waals surface area contributed by atoms with Crippen molar-refractivity contribution in [2.45, 2.75) is 49.2 Å². The maximum atomic E-state index is 13.5. The van der Waals surface area contributed by atoms with Gasteiger partial charge in [0.1, 0.15) is 10.7 Å². The number of hydrogen-bond acceptors (Lipinski definition) is 7. The highest BCUT2D eigenvalue weighted by Gasteiger charge is 2.27. The van der Waals surface area contributed by atoms with E-state index in [1.54, 1.807) is 79.7 Å². The molecule has 0 bridgehead atoms. The van der Waals surface area contributed by atoms with Crippen LogP contribution in [0.15, 0.2) is 89.5 Å². The average molecular weight is 688 g/mol. The Labute approximate surface area is 286 Å². The van der Waals surface area contributed by atoms with Crippen LogP contribution in [-0.4, -0.2) is 36.1 Å². The Morgan fingerprint density at radius 2 is 1.66 bits per heavy atom. The maximum absolute atomic E-state index is 13.5. The van der Waals surface area contributed by atoms with Crippen molar-refractivity contribution < 1.29 is 23.9 Å². The Morgan fingerprint density at radius 1 is 0.915 bits per heavy atom. The number of rotatable bonds is 10. The number of carbonyl (C=O) groups is 4. The number of carbonyl (C=O) groups excluding carboxylic acids is 4. The van der Waals surface area contributed by atoms with Gasteiger partial charge in [0.05, 0.1) is 17.9 Å². The van der Waals surface area contributed by atoms with Gasteiger partial charge in [-0.3, -0.25) is 14.4 Å². The van der Waals surface area contributed by atoms with Gasteiger partial charge in [-0.2, -0.15) is 0 Å². The van der Waals surface area contributed by atoms with Crippen LogP contribution in [0.4, 0.5) is 10.7 Å². The number of hydrogen-bond donors (Lipinski definition) is 3. The lowest BCUT2D eigenvalue weighted by Crippen LogP contribution is -2.30. The molecule has 0 saturated carbocycles. The lowest BCUT2D eigenvalue weighted by atomic mass is 10.1. The van der Waals surface area contributed by atoms with Crippen molar-refractivity contribution in [2.24, 2.45) is 0 Å². The third-order valence-corrected chi connectivity index (χ3v) is 10.2. The van der Waals surface area contributed by atoms with Gasteiger partial charge >= 0.3 is 5.97 Å². The van der Waals surface area contributed by atoms with Gasteiger partial charge in [-0.05, 0) is 86.2 Å². The molecule has 0 aliphatic heterocycles. The zero-order chi connectivity index (χ0) is 33.3. The van der Waals surface area contributed by atoms with E-state index in [0.717, 1.165) is 47.4 Å². The van der Waals surface area contributed by atoms with Crippen LogP contribution in [0, 0.1) is 0 Å². The van der Waals surface area contributed by atoms with E-state index in [1.807, 2.05) is 6.07 Å². The summed E-state index contributed by atoms with van der Waals surface area (Å²) < 4.78 is 5.07. The molecule has 11 heteroatoms. The highest BCUT2D eigenvalue weighted by molar-refractivity contribution is 8.00. The Bertz CT molecular complexity index is 1820. The van der Waals surface area contributed by atoms with Crippen molar-refractivity contribution in [3.63, 3.8) is 0 Å². The summed E-state index contributed by atoms with van der Waals surface area (Å²) in [6.45, 7) is 1.78. The molecule has 4 aromatic rings. The van der Waals surface area contributed by atoms with Gasteiger partial charge in [-0.15, -0.1) is 23.1 Å². The Morgan fingerprint density at radius 3 is 2.43 bits per heavy atom. The summed E-state index contributed by atoms with van der Waals surface area (Å²) in [6, 6.07) is 22.7. The number of amides is 3. The molecular formula is C36H34ClN3O5S2. The van der Waals surface area contributed by atoms with Crippen LogP contribution in [0.1, 0.15) is 62.9 Å². The third-order valence-electron chi connectivity index (χ3n) is 7.56. The van der Waals surface area contributed by atoms with Crippen LogP contribution in [-0.2, 0) is 27.2 Å². The van der Waals surface area contributed by atoms with Gasteiger partial charge in [0.2, 0.25) is 5.91 Å². The van der Waals surface area contributed by atoms with Gasteiger partial charge < -0.3 is 20.7 Å². The number of halogens is 1. The summed E-state index contributed by atoms with van der Waals surface area (Å²) in [6.07, 6.45) is 6.36. The monoisotopic (exact) mass is 687 g/mol. The molecule has 8 nitrogen and oxygen atoms in total. The number of ether oxygens (including phenoxy) is 1. The minimum atomic E-state index is -0.546. The topological polar surface area (TPSA) is 114 Å². The SMILES string of the molecule is COC(=O)c1c(NC(=O)C(C)Sc2cccc(NC(=O)/C(=C\c3ccccc3Cl)NC(=O)c3ccccc3)c2)sc2c1CCCCC2. The molecule has 1 aromatic heterocycles. The van der Waals surface area contributed by atoms with Crippen molar-refractivity contribution in [1.29, 1.82) is 0 Å². The highest BCUT2D eigenvalue weighted by Crippen LogP contribution is 2.38. The maximum Gasteiger partial charge on any atom is 0.341 e. The minimum Gasteiger partial charge on any atom is -0.465 e. The number of anilines is 2. The molecule has 0 radical (unpaired) electrons. The largest absolute Gasteiger partial charge is 0.465 e. The van der Waals surface area contributed by atoms with Crippen LogP contribution in [0.2, 0.25) is 5.02 Å². The first-order chi connectivity index (χ1) is 22.7. The van der Waals surface area contributed by atoms with Crippen molar-refractivity contribution >= 4 is 75.2 Å². The van der Waals surface area contributed by atoms with Gasteiger partial charge in [0, 0.05) is 26.0 Å². The van der Waals surface area contributed by atoms with Crippen molar-refractivity contribution in [3.8, 4) is 0 Å². The molecule has 0 fully saturated rings. The Balaban J connectivity index is 1.30. The van der Waals surface area contributed by atoms with E-state index >= 15 is 0 Å². The number of fused-ring (bicyclic) bond motifs is 1. The summed E-state index contributed by atoms with van der Waals surface area (Å²) >= 11 is 9.12. The van der Waals surface area contributed by atoms with E-state index in [-0.39, 0.29) is 11.6 Å². The number of thioether (sulfide) groups is 1. The van der Waals surface area contributed by atoms with Crippen molar-refractivity contribution in [3.05, 3.63) is 117 Å². The molecule has 242 valence electrons. The molecule has 3 N–H and O–H groups in total. The lowest BCUT2D eigenvalue weighted by Gasteiger charge is -2.14. The number of nitrogens with one attached hydrogen (secondary N) is 3. The molecule has 1 heterocycles. The number of esters is 1. The molecule has 5 rings (SSSR count). The zero-order valence-corrected chi connectivity index (χ0v) is 28.3. The van der Waals surface area contributed by atoms with Crippen LogP contribution in [0.25, 0.3) is 6.08 Å². The molecule has 1 unspecified atom stereocenters. The van der Waals surface area contributed by atoms with E-state index < -0.39 is 23.0 Å². The first-order valence-corrected chi connectivity index (χ1v) is 17.2. The molecule has 47 heavy (non-hydrogen) atoms. The number of methoxy groups -OCH3 is 1. The first-order valence-electron chi connectivity index (χ1n) is 15.2. The minimum absolute atomic E-state index is 0.00788. The van der Waals surface area contributed by atoms with E-state index in [2.05, 4.69) is 16.0 Å². The molecule has 1 aliphatic carbocycles. The fourth-order valence-electron chi connectivity index (χ4n) is 5.16. The highest BCUT2D eigenvalue weighted by atomic mass is 35.5. The van der Waals surface area contributed by atoms with Crippen LogP contribution in [0.5, 0.6) is 0 Å². The summed E-state index contributed by atoms with van der Waals surface area (Å²) in [7, 11) is 1.35. The summed E-state index contributed by atoms with van der Waals surface area (Å²) in [5.74, 6) is -1.68. The van der Waals surface area contributed by atoms with Crippen LogP contribution < -0.4 is 16.0 Å². The second kappa shape index (κ2) is 15.9. The zero-order valence-electron chi connectivity index (χ0n) is 25.9. The van der Waals surface area contributed by atoms with Gasteiger partial charge in [0.25, 0.3) is 11.8 Å². The fraction of sp³-hybridized carbons (Fsp3) is 0.222. The quantitative estimate of drug-likeness (QED) is 0.0674. The number of aryl methyl sites for hydroxylation is 1. The Kier molecular flexibility index (Phi) is 11.5. The molecule has 0 spiro atoms. The van der Waals surface area contributed by atoms with E-state index in [9.17, 15) is 19.2 Å². The van der Waals surface area contributed by atoms with Gasteiger partial charge in [0.15, 0.2) is 0 Å². The fourth-order valence-corrected chi connectivity index (χ4v) is 7.55. The van der Waals surface area contributed by atoms with E-state index in [1.165, 1.54) is 36.3 Å². The smallest absolute Gasteiger partial charge is 0.341 e. The molecule has 1 aliphatic rings. The second-order valence-electron chi connectivity index (χ2n) is 10.9. The molecule has 1 atom stereocenters. The summed E-state index contributed by atoms with van der Waals surface area (Å²) in [5, 5.41) is 8.97. The number of benzene rings is 3.